The van der Waals surface area contributed by atoms with Crippen LogP contribution in [-0.4, -0.2) is 20.4 Å². The van der Waals surface area contributed by atoms with Crippen molar-refractivity contribution in [3.63, 3.8) is 0 Å². The fourth-order valence-electron chi connectivity index (χ4n) is 20.3. The van der Waals surface area contributed by atoms with E-state index in [1.165, 1.54) is 4.57 Å². The van der Waals surface area contributed by atoms with Gasteiger partial charge in [0, 0.05) is 88.7 Å². The second-order valence-electron chi connectivity index (χ2n) is 52.8. The molecule has 0 saturated carbocycles. The Morgan fingerprint density at radius 1 is 0.194 bits per heavy atom. The molecule has 144 heavy (non-hydrogen) atoms. The van der Waals surface area contributed by atoms with Gasteiger partial charge in [0.25, 0.3) is 6.71 Å². The number of fused-ring (bicyclic) bond motifs is 13. The van der Waals surface area contributed by atoms with Crippen LogP contribution in [0.4, 0.5) is 34.1 Å². The van der Waals surface area contributed by atoms with Gasteiger partial charge in [0.05, 0.1) is 85.8 Å². The summed E-state index contributed by atoms with van der Waals surface area (Å²) >= 11 is 0. The highest BCUT2D eigenvalue weighted by molar-refractivity contribution is 7.00. The van der Waals surface area contributed by atoms with Crippen LogP contribution in [0.3, 0.4) is 0 Å². The molecule has 15 aromatic carbocycles. The summed E-state index contributed by atoms with van der Waals surface area (Å²) in [6.07, 6.45) is 0. The molecule has 0 fully saturated rings. The Balaban J connectivity index is 1.18. The van der Waals surface area contributed by atoms with E-state index in [1.807, 2.05) is 119 Å². The summed E-state index contributed by atoms with van der Waals surface area (Å²) in [6.45, 7) is 68.0. The number of para-hydroxylation sites is 2. The van der Waals surface area contributed by atoms with Crippen LogP contribution in [0.5, 0.6) is 0 Å². The van der Waals surface area contributed by atoms with Crippen LogP contribution in [0, 0.1) is 0 Å². The molecule has 18 aromatic rings. The molecule has 0 atom stereocenters. The zero-order chi connectivity index (χ0) is 126. The minimum absolute atomic E-state index is 0.0103. The maximum absolute atomic E-state index is 12.1. The summed E-state index contributed by atoms with van der Waals surface area (Å²) in [5, 5.41) is 2.70. The third kappa shape index (κ3) is 17.3. The third-order valence-corrected chi connectivity index (χ3v) is 29.0. The van der Waals surface area contributed by atoms with E-state index in [1.54, 1.807) is 105 Å². The van der Waals surface area contributed by atoms with Gasteiger partial charge in [-0.05, 0) is 292 Å². The topological polar surface area (TPSA) is 21.3 Å². The van der Waals surface area contributed by atoms with Gasteiger partial charge < -0.3 is 23.5 Å². The summed E-state index contributed by atoms with van der Waals surface area (Å²) in [5.74, 6) is 0. The van der Waals surface area contributed by atoms with Crippen molar-refractivity contribution in [1.82, 2.24) is 13.7 Å². The van der Waals surface area contributed by atoms with E-state index in [-0.39, 0.29) is 146 Å². The van der Waals surface area contributed by atoms with Crippen molar-refractivity contribution in [2.24, 2.45) is 0 Å². The zero-order valence-corrected chi connectivity index (χ0v) is 91.4. The van der Waals surface area contributed by atoms with E-state index < -0.39 is 239 Å². The molecule has 6 heteroatoms. The minimum atomic E-state index is -1.39. The highest BCUT2D eigenvalue weighted by atomic mass is 15.2. The van der Waals surface area contributed by atoms with Gasteiger partial charge in [-0.2, -0.15) is 0 Å². The van der Waals surface area contributed by atoms with Crippen LogP contribution >= 0.6 is 0 Å². The first-order valence-electron chi connectivity index (χ1n) is 64.1. The number of aromatic nitrogens is 3. The van der Waals surface area contributed by atoms with Crippen molar-refractivity contribution in [3.05, 3.63) is 345 Å². The molecule has 0 spiro atoms. The highest BCUT2D eigenvalue weighted by Crippen LogP contribution is 2.58. The summed E-state index contributed by atoms with van der Waals surface area (Å²) in [5.41, 5.74) is -7.03. The maximum Gasteiger partial charge on any atom is 0.252 e. The predicted octanol–water partition coefficient (Wildman–Crippen LogP) is 37.3. The Morgan fingerprint density at radius 3 is 0.708 bits per heavy atom. The smallest absolute Gasteiger partial charge is 0.252 e. The molecule has 2 aliphatic heterocycles. The van der Waals surface area contributed by atoms with Crippen molar-refractivity contribution >= 4 is 123 Å². The Morgan fingerprint density at radius 2 is 0.438 bits per heavy atom. The van der Waals surface area contributed by atoms with E-state index >= 15 is 0 Å². The van der Waals surface area contributed by atoms with E-state index in [2.05, 4.69) is 165 Å². The fraction of sp³-hybridized carbons (Fsp3) is 0.348. The Labute approximate surface area is 898 Å². The standard InChI is InChI=1S/C138H154BN5/c1-127(2,3)87-49-45-83(46-50-87)104-75-97(137(31,32)33)77-106(85-65-93(133(19,20)21)69-94(66-85)134(22,23)24)125(104)143-120-79-99(140-116-61-53-89(129(7,8)9)71-108(116)109-72-90(130(10,11)12)54-62-117(109)140)57-59-112(120)139-113-60-58-100(141-118-63-55-91(131(13,14)15)73-110(118)111-74-92(132(16,17)18)56-64-119(111)141)80-121(113)144(123-82-101(81-122(143)124(123)139)142-114-43-39-37-41-102(114)103-42-38-40-44-115(103)142)126-105(84-47-51-88(52-48-84)128(4,5)6)76-98(138(34,35)36)78-107(126)86-67-95(135(25,26)27)70-96(68-86)136(28,29)30/h37-82H,1-36H3/i37D,38D,39D,40D,41D,42D,43D,44D,45D,46D,47D,48D,49D,50D,51D,52D,65D,66D,67D,68D,69D,70D,75D,76D,77D,78D. The third-order valence-electron chi connectivity index (χ3n) is 29.0. The maximum atomic E-state index is 12.1. The van der Waals surface area contributed by atoms with Gasteiger partial charge >= 0.3 is 0 Å². The Hall–Kier alpha value is -12.6. The quantitative estimate of drug-likeness (QED) is 0.134. The van der Waals surface area contributed by atoms with E-state index in [0.717, 1.165) is 65.9 Å². The summed E-state index contributed by atoms with van der Waals surface area (Å²) < 4.78 is 292. The molecule has 0 saturated heterocycles. The number of rotatable bonds is 9. The molecule has 20 rings (SSSR count). The molecular weight excluding hydrogens is 1740 g/mol. The number of benzene rings is 15. The molecule has 0 amide bonds. The molecule has 0 unspecified atom stereocenters. The average molecular weight is 1920 g/mol. The first kappa shape index (κ1) is 71.8. The first-order chi connectivity index (χ1) is 77.9. The lowest BCUT2D eigenvalue weighted by Gasteiger charge is -2.46. The second kappa shape index (κ2) is 33.5. The minimum Gasteiger partial charge on any atom is -0.310 e. The molecular formula is C138H154BN5. The van der Waals surface area contributed by atoms with Gasteiger partial charge in [0.1, 0.15) is 0 Å². The highest BCUT2D eigenvalue weighted by Gasteiger charge is 2.48. The van der Waals surface area contributed by atoms with Gasteiger partial charge in [-0.1, -0.05) is 407 Å². The molecule has 0 N–H and O–H groups in total. The second-order valence-corrected chi connectivity index (χ2v) is 52.8. The van der Waals surface area contributed by atoms with Crippen molar-refractivity contribution < 1.29 is 35.6 Å². The molecule has 5 nitrogen and oxygen atoms in total. The molecule has 734 valence electrons. The van der Waals surface area contributed by atoms with Crippen LogP contribution in [0.2, 0.25) is 0 Å². The van der Waals surface area contributed by atoms with Crippen molar-refractivity contribution in [2.75, 3.05) is 9.80 Å². The predicted molar refractivity (Wildman–Crippen MR) is 630 cm³/mol. The average Bonchev–Trinajstić information content (AvgIpc) is 1.66. The largest absolute Gasteiger partial charge is 0.310 e. The van der Waals surface area contributed by atoms with Gasteiger partial charge in [-0.3, -0.25) is 0 Å². The van der Waals surface area contributed by atoms with Crippen LogP contribution < -0.4 is 26.2 Å². The van der Waals surface area contributed by atoms with E-state index in [4.69, 9.17) is 0 Å². The lowest BCUT2D eigenvalue weighted by Crippen LogP contribution is -2.61. The molecule has 0 radical (unpaired) electrons. The summed E-state index contributed by atoms with van der Waals surface area (Å²) in [6, 6.07) is 26.0. The van der Waals surface area contributed by atoms with Crippen LogP contribution in [-0.2, 0) is 65.0 Å². The number of hydrogen-bond acceptors (Lipinski definition) is 2. The molecule has 3 aromatic heterocycles. The number of hydrogen-bond donors (Lipinski definition) is 0. The number of anilines is 6. The lowest BCUT2D eigenvalue weighted by atomic mass is 9.33. The molecule has 5 heterocycles. The molecule has 0 bridgehead atoms. The molecule has 2 aliphatic rings. The van der Waals surface area contributed by atoms with Crippen molar-refractivity contribution in [1.29, 1.82) is 0 Å². The van der Waals surface area contributed by atoms with Crippen molar-refractivity contribution in [3.8, 4) is 61.6 Å². The van der Waals surface area contributed by atoms with Gasteiger partial charge in [-0.25, -0.2) is 0 Å². The van der Waals surface area contributed by atoms with Gasteiger partial charge in [-0.15, -0.1) is 0 Å². The number of nitrogens with zero attached hydrogens (tertiary/aromatic N) is 5. The molecule has 0 aliphatic carbocycles. The van der Waals surface area contributed by atoms with Gasteiger partial charge in [0.2, 0.25) is 0 Å². The first-order valence-corrected chi connectivity index (χ1v) is 51.1. The monoisotopic (exact) mass is 1920 g/mol. The van der Waals surface area contributed by atoms with Crippen LogP contribution in [0.15, 0.2) is 278 Å². The van der Waals surface area contributed by atoms with Gasteiger partial charge in [0.15, 0.2) is 0 Å². The Bertz CT molecular complexity index is 9150. The van der Waals surface area contributed by atoms with Crippen molar-refractivity contribution in [2.45, 2.75) is 314 Å². The summed E-state index contributed by atoms with van der Waals surface area (Å²) in [4.78, 5) is 3.49. The zero-order valence-electron chi connectivity index (χ0n) is 117. The van der Waals surface area contributed by atoms with Crippen LogP contribution in [0.25, 0.3) is 127 Å². The Kier molecular flexibility index (Phi) is 16.7. The fourth-order valence-corrected chi connectivity index (χ4v) is 20.3. The summed E-state index contributed by atoms with van der Waals surface area (Å²) in [7, 11) is 0. The lowest BCUT2D eigenvalue weighted by molar-refractivity contribution is 0.568. The van der Waals surface area contributed by atoms with E-state index in [9.17, 15) is 35.6 Å². The normalized spacial score (nSPS) is 16.5. The SMILES string of the molecule is [2H]c1c([2H])c(C(C)(C)C)c([2H])c([2H])c1-c1c([2H])c(C(C)(C)C)c([2H])c(-c2c([2H])c(C(C)(C)C)c([2H])c(C(C)(C)C)c2[2H])c1N1c2cc(-n3c4ccc(C(C)(C)C)cc4c4cc(C(C)(C)C)ccc43)ccc2B2c3ccc(-n4c5ccc(C(C)(C)C)cc5c5cc(C(C)(C)C)ccc54)cc3N(c3c(-c4c([2H])c([2H])c(C(C)(C)C)c([2H])c4[2H])c([2H])c(C(C)(C)C)c([2H])c3-c3c([2H])c(C(C)(C)C)c([2H])c(C(C)(C)C)c3[2H])c3cc(-n4c5c([2H])c([2H])c([2H])c([2H])c5c5c([2H])c([2H])c([2H])c([2H])c54)cc1c32. The van der Waals surface area contributed by atoms with Crippen LogP contribution in [0.1, 0.15) is 352 Å². The van der Waals surface area contributed by atoms with E-state index in [0.29, 0.717) is 22.3 Å².